The lowest BCUT2D eigenvalue weighted by molar-refractivity contribution is 0.0291. The number of fused-ring (bicyclic) bond motifs is 1. The number of H-pyrrole nitrogens is 1. The van der Waals surface area contributed by atoms with Gasteiger partial charge in [0.25, 0.3) is 0 Å². The number of rotatable bonds is 3. The lowest BCUT2D eigenvalue weighted by Gasteiger charge is -2.31. The highest BCUT2D eigenvalue weighted by molar-refractivity contribution is 7.79. The molecule has 2 N–H and O–H groups in total. The first-order chi connectivity index (χ1) is 11.7. The fourth-order valence-electron chi connectivity index (χ4n) is 3.58. The summed E-state index contributed by atoms with van der Waals surface area (Å²) in [5, 5.41) is 0. The van der Waals surface area contributed by atoms with Crippen LogP contribution in [-0.4, -0.2) is 66.0 Å². The van der Waals surface area contributed by atoms with Crippen molar-refractivity contribution >= 4 is 16.2 Å². The maximum atomic E-state index is 12.8. The summed E-state index contributed by atoms with van der Waals surface area (Å²) in [4.78, 5) is 18.6. The standard InChI is InChI=1S/C16H24N2O2.H2O4S/c1-3-13-11(2)17-14-5-4-12(16(19)15(13)14)10-18-6-8-20-9-7-18;1-5(2,3)4/h12,17H,3-10H2,1-2H3;(H2,1,2,3,4)/p-1. The van der Waals surface area contributed by atoms with Crippen molar-refractivity contribution in [3.63, 3.8) is 0 Å². The third kappa shape index (κ3) is 5.61. The third-order valence-corrected chi connectivity index (χ3v) is 4.69. The number of morpholine rings is 1. The van der Waals surface area contributed by atoms with E-state index in [9.17, 15) is 4.79 Å². The van der Waals surface area contributed by atoms with Crippen molar-refractivity contribution in [2.24, 2.45) is 5.92 Å². The molecule has 0 bridgehead atoms. The molecule has 3 rings (SSSR count). The molecule has 0 radical (unpaired) electrons. The van der Waals surface area contributed by atoms with Gasteiger partial charge in [-0.25, -0.2) is 8.42 Å². The van der Waals surface area contributed by atoms with Crippen molar-refractivity contribution in [1.29, 1.82) is 0 Å². The van der Waals surface area contributed by atoms with Gasteiger partial charge in [0.2, 0.25) is 10.4 Å². The van der Waals surface area contributed by atoms with Crippen molar-refractivity contribution in [2.45, 2.75) is 33.1 Å². The molecule has 1 unspecified atom stereocenters. The van der Waals surface area contributed by atoms with Crippen LogP contribution in [0.2, 0.25) is 0 Å². The Balaban J connectivity index is 0.000000399. The normalized spacial score (nSPS) is 21.4. The molecule has 0 amide bonds. The summed E-state index contributed by atoms with van der Waals surface area (Å²) in [5.41, 5.74) is 4.59. The van der Waals surface area contributed by atoms with Crippen molar-refractivity contribution in [3.05, 3.63) is 22.5 Å². The van der Waals surface area contributed by atoms with E-state index in [1.54, 1.807) is 0 Å². The van der Waals surface area contributed by atoms with Gasteiger partial charge in [0.1, 0.15) is 0 Å². The maximum absolute atomic E-state index is 12.8. The van der Waals surface area contributed by atoms with Gasteiger partial charge < -0.3 is 14.3 Å². The molecule has 0 saturated carbocycles. The number of Topliss-reactive ketones (excluding diaryl/α,β-unsaturated/α-hetero) is 1. The number of nitrogens with one attached hydrogen (secondary N) is 1. The van der Waals surface area contributed by atoms with Crippen molar-refractivity contribution in [1.82, 2.24) is 9.88 Å². The Labute approximate surface area is 148 Å². The number of carbonyl (C=O) groups excluding carboxylic acids is 1. The van der Waals surface area contributed by atoms with Gasteiger partial charge in [0.15, 0.2) is 5.78 Å². The zero-order chi connectivity index (χ0) is 18.6. The molecule has 1 saturated heterocycles. The average Bonchev–Trinajstić information content (AvgIpc) is 2.86. The van der Waals surface area contributed by atoms with E-state index in [4.69, 9.17) is 22.3 Å². The second-order valence-corrected chi connectivity index (χ2v) is 7.23. The van der Waals surface area contributed by atoms with Gasteiger partial charge in [-0.3, -0.25) is 14.2 Å². The molecule has 1 aromatic rings. The van der Waals surface area contributed by atoms with Gasteiger partial charge in [-0.1, -0.05) is 6.92 Å². The Hall–Kier alpha value is -1.26. The van der Waals surface area contributed by atoms with E-state index in [2.05, 4.69) is 23.7 Å². The van der Waals surface area contributed by atoms with E-state index >= 15 is 0 Å². The van der Waals surface area contributed by atoms with E-state index in [-0.39, 0.29) is 5.92 Å². The Morgan fingerprint density at radius 1 is 1.36 bits per heavy atom. The number of ketones is 1. The summed E-state index contributed by atoms with van der Waals surface area (Å²) in [7, 11) is -4.92. The fraction of sp³-hybridized carbons (Fsp3) is 0.688. The van der Waals surface area contributed by atoms with Crippen molar-refractivity contribution in [2.75, 3.05) is 32.8 Å². The van der Waals surface area contributed by atoms with E-state index in [0.717, 1.165) is 57.7 Å². The monoisotopic (exact) mass is 373 g/mol. The number of carbonyl (C=O) groups is 1. The van der Waals surface area contributed by atoms with Crippen LogP contribution >= 0.6 is 0 Å². The molecule has 142 valence electrons. The second kappa shape index (κ2) is 8.41. The molecular formula is C16H25N2O6S-. The van der Waals surface area contributed by atoms with Crippen LogP contribution in [0.5, 0.6) is 0 Å². The SMILES string of the molecule is CCc1c(C)[nH]c2c1C(=O)C(CN1CCOCC1)CC2.O=S(=O)([O-])O. The Morgan fingerprint density at radius 3 is 2.52 bits per heavy atom. The van der Waals surface area contributed by atoms with Crippen LogP contribution in [0.4, 0.5) is 0 Å². The van der Waals surface area contributed by atoms with Gasteiger partial charge in [-0.2, -0.15) is 0 Å². The van der Waals surface area contributed by atoms with Crippen LogP contribution in [0.1, 0.15) is 40.7 Å². The van der Waals surface area contributed by atoms with Crippen molar-refractivity contribution < 1.29 is 27.1 Å². The maximum Gasteiger partial charge on any atom is 0.215 e. The third-order valence-electron chi connectivity index (χ3n) is 4.69. The molecule has 0 spiro atoms. The number of nitrogens with zero attached hydrogens (tertiary/aromatic N) is 1. The van der Waals surface area contributed by atoms with Gasteiger partial charge >= 0.3 is 0 Å². The number of aromatic amines is 1. The molecule has 2 heterocycles. The summed E-state index contributed by atoms with van der Waals surface area (Å²) in [5.74, 6) is 0.528. The number of ether oxygens (including phenoxy) is 1. The molecule has 1 aliphatic carbocycles. The number of hydrogen-bond acceptors (Lipinski definition) is 6. The minimum Gasteiger partial charge on any atom is -0.726 e. The first kappa shape index (κ1) is 20.1. The molecular weight excluding hydrogens is 348 g/mol. The first-order valence-electron chi connectivity index (χ1n) is 8.43. The largest absolute Gasteiger partial charge is 0.726 e. The van der Waals surface area contributed by atoms with E-state index in [0.29, 0.717) is 5.78 Å². The summed E-state index contributed by atoms with van der Waals surface area (Å²) in [6.07, 6.45) is 2.93. The first-order valence-corrected chi connectivity index (χ1v) is 9.80. The average molecular weight is 373 g/mol. The van der Waals surface area contributed by atoms with E-state index < -0.39 is 10.4 Å². The molecule has 25 heavy (non-hydrogen) atoms. The van der Waals surface area contributed by atoms with Gasteiger partial charge in [0, 0.05) is 42.5 Å². The number of hydrogen-bond donors (Lipinski definition) is 2. The molecule has 1 fully saturated rings. The number of aryl methyl sites for hydroxylation is 2. The molecule has 9 heteroatoms. The van der Waals surface area contributed by atoms with Crippen LogP contribution in [0.3, 0.4) is 0 Å². The predicted octanol–water partition coefficient (Wildman–Crippen LogP) is 0.967. The number of aromatic nitrogens is 1. The highest BCUT2D eigenvalue weighted by atomic mass is 32.3. The highest BCUT2D eigenvalue weighted by Crippen LogP contribution is 2.30. The molecule has 2 aliphatic rings. The predicted molar refractivity (Wildman–Crippen MR) is 90.6 cm³/mol. The Morgan fingerprint density at radius 2 is 1.96 bits per heavy atom. The van der Waals surface area contributed by atoms with Crippen LogP contribution in [0.15, 0.2) is 0 Å². The fourth-order valence-corrected chi connectivity index (χ4v) is 3.58. The summed E-state index contributed by atoms with van der Waals surface area (Å²) in [6.45, 7) is 8.64. The Kier molecular flexibility index (Phi) is 6.75. The zero-order valence-electron chi connectivity index (χ0n) is 14.6. The van der Waals surface area contributed by atoms with Crippen LogP contribution in [0.25, 0.3) is 0 Å². The highest BCUT2D eigenvalue weighted by Gasteiger charge is 2.32. The zero-order valence-corrected chi connectivity index (χ0v) is 15.4. The van der Waals surface area contributed by atoms with E-state index in [1.165, 1.54) is 17.0 Å². The molecule has 8 nitrogen and oxygen atoms in total. The molecule has 1 aromatic heterocycles. The minimum atomic E-state index is -4.92. The second-order valence-electron chi connectivity index (χ2n) is 6.38. The quantitative estimate of drug-likeness (QED) is 0.598. The molecule has 0 aromatic carbocycles. The molecule has 1 atom stereocenters. The topological polar surface area (TPSA) is 123 Å². The van der Waals surface area contributed by atoms with Crippen molar-refractivity contribution in [3.8, 4) is 0 Å². The van der Waals surface area contributed by atoms with Gasteiger partial charge in [-0.05, 0) is 31.7 Å². The van der Waals surface area contributed by atoms with Gasteiger partial charge in [-0.15, -0.1) is 0 Å². The van der Waals surface area contributed by atoms with Crippen LogP contribution in [-0.2, 0) is 28.0 Å². The van der Waals surface area contributed by atoms with E-state index in [1.807, 2.05) is 0 Å². The minimum absolute atomic E-state index is 0.168. The smallest absolute Gasteiger partial charge is 0.215 e. The lowest BCUT2D eigenvalue weighted by atomic mass is 9.83. The summed E-state index contributed by atoms with van der Waals surface area (Å²) < 4.78 is 38.2. The summed E-state index contributed by atoms with van der Waals surface area (Å²) >= 11 is 0. The molecule has 1 aliphatic heterocycles. The van der Waals surface area contributed by atoms with Crippen LogP contribution < -0.4 is 0 Å². The lowest BCUT2D eigenvalue weighted by Crippen LogP contribution is -2.42. The van der Waals surface area contributed by atoms with Gasteiger partial charge in [0.05, 0.1) is 13.2 Å². The van der Waals surface area contributed by atoms with Crippen LogP contribution in [0, 0.1) is 12.8 Å². The summed E-state index contributed by atoms with van der Waals surface area (Å²) in [6, 6.07) is 0. The Bertz CT molecular complexity index is 698.